The molecule has 3 heterocycles. The molecule has 1 amide bonds. The van der Waals surface area contributed by atoms with Crippen LogP contribution >= 0.6 is 0 Å². The molecule has 1 spiro atoms. The lowest BCUT2D eigenvalue weighted by Gasteiger charge is -2.41. The van der Waals surface area contributed by atoms with E-state index >= 15 is 0 Å². The minimum atomic E-state index is -4.38. The molecule has 24 heavy (non-hydrogen) atoms. The summed E-state index contributed by atoms with van der Waals surface area (Å²) in [7, 11) is 0. The smallest absolute Gasteiger partial charge is 0.356 e. The maximum atomic E-state index is 12.9. The number of pyridine rings is 1. The summed E-state index contributed by atoms with van der Waals surface area (Å²) in [6.45, 7) is 6.00. The Labute approximate surface area is 139 Å². The molecular weight excluding hydrogens is 319 g/mol. The first-order valence-electron chi connectivity index (χ1n) is 8.32. The van der Waals surface area contributed by atoms with Crippen LogP contribution < -0.4 is 4.90 Å². The van der Waals surface area contributed by atoms with Crippen LogP contribution in [-0.4, -0.2) is 41.5 Å². The van der Waals surface area contributed by atoms with Crippen molar-refractivity contribution in [3.05, 3.63) is 23.9 Å². The predicted octanol–water partition coefficient (Wildman–Crippen LogP) is 3.33. The fourth-order valence-corrected chi connectivity index (χ4v) is 3.78. The van der Waals surface area contributed by atoms with Crippen molar-refractivity contribution in [2.24, 2.45) is 5.41 Å². The number of halogens is 3. The highest BCUT2D eigenvalue weighted by atomic mass is 19.4. The van der Waals surface area contributed by atoms with Crippen LogP contribution in [0.4, 0.5) is 19.0 Å². The number of likely N-dealkylation sites (tertiary alicyclic amines) is 1. The fourth-order valence-electron chi connectivity index (χ4n) is 3.78. The largest absolute Gasteiger partial charge is 0.417 e. The lowest BCUT2D eigenvalue weighted by Crippen LogP contribution is -2.52. The van der Waals surface area contributed by atoms with Gasteiger partial charge >= 0.3 is 6.18 Å². The molecule has 2 aliphatic rings. The molecule has 0 radical (unpaired) electrons. The molecule has 2 aliphatic heterocycles. The number of alkyl halides is 3. The molecule has 3 rings (SSSR count). The minimum Gasteiger partial charge on any atom is -0.356 e. The molecule has 0 saturated carbocycles. The van der Waals surface area contributed by atoms with E-state index < -0.39 is 17.2 Å². The molecular formula is C17H22F3N3O. The van der Waals surface area contributed by atoms with E-state index in [9.17, 15) is 18.0 Å². The summed E-state index contributed by atoms with van der Waals surface area (Å²) in [6.07, 6.45) is -0.972. The molecule has 0 bridgehead atoms. The number of carbonyl (C=O) groups excluding carboxylic acids is 1. The summed E-state index contributed by atoms with van der Waals surface area (Å²) >= 11 is 0. The molecule has 1 atom stereocenters. The van der Waals surface area contributed by atoms with Crippen molar-refractivity contribution in [2.75, 3.05) is 24.5 Å². The Kier molecular flexibility index (Phi) is 4.21. The van der Waals surface area contributed by atoms with Gasteiger partial charge in [-0.1, -0.05) is 0 Å². The SMILES string of the molecule is CC(C)N1CCC[C@@]2(CCN(c3ccc(C(F)(F)F)cn3)C2)C1=O. The molecule has 7 heteroatoms. The Bertz CT molecular complexity index is 615. The van der Waals surface area contributed by atoms with Crippen molar-refractivity contribution < 1.29 is 18.0 Å². The second-order valence-corrected chi connectivity index (χ2v) is 7.05. The van der Waals surface area contributed by atoms with Gasteiger partial charge in [0.2, 0.25) is 5.91 Å². The highest BCUT2D eigenvalue weighted by molar-refractivity contribution is 5.85. The van der Waals surface area contributed by atoms with Crippen molar-refractivity contribution >= 4 is 11.7 Å². The number of rotatable bonds is 2. The maximum Gasteiger partial charge on any atom is 0.417 e. The van der Waals surface area contributed by atoms with Gasteiger partial charge in [-0.2, -0.15) is 13.2 Å². The normalized spacial score (nSPS) is 25.2. The third-order valence-electron chi connectivity index (χ3n) is 5.15. The average Bonchev–Trinajstić information content (AvgIpc) is 2.94. The lowest BCUT2D eigenvalue weighted by atomic mass is 9.78. The molecule has 132 valence electrons. The van der Waals surface area contributed by atoms with Crippen LogP contribution in [0.1, 0.15) is 38.7 Å². The third-order valence-corrected chi connectivity index (χ3v) is 5.15. The molecule has 2 saturated heterocycles. The zero-order chi connectivity index (χ0) is 17.5. The topological polar surface area (TPSA) is 36.4 Å². The molecule has 1 aromatic rings. The Morgan fingerprint density at radius 2 is 1.96 bits per heavy atom. The van der Waals surface area contributed by atoms with Crippen LogP contribution in [0.2, 0.25) is 0 Å². The van der Waals surface area contributed by atoms with Gasteiger partial charge in [-0.05, 0) is 45.2 Å². The number of hydrogen-bond donors (Lipinski definition) is 0. The lowest BCUT2D eigenvalue weighted by molar-refractivity contribution is -0.147. The van der Waals surface area contributed by atoms with Crippen LogP contribution in [0.15, 0.2) is 18.3 Å². The van der Waals surface area contributed by atoms with Gasteiger partial charge in [0.15, 0.2) is 0 Å². The second-order valence-electron chi connectivity index (χ2n) is 7.05. The average molecular weight is 341 g/mol. The minimum absolute atomic E-state index is 0.174. The van der Waals surface area contributed by atoms with E-state index in [0.717, 1.165) is 38.1 Å². The summed E-state index contributed by atoms with van der Waals surface area (Å²) in [6, 6.07) is 2.62. The summed E-state index contributed by atoms with van der Waals surface area (Å²) < 4.78 is 37.9. The highest BCUT2D eigenvalue weighted by Crippen LogP contribution is 2.42. The van der Waals surface area contributed by atoms with E-state index in [2.05, 4.69) is 4.98 Å². The first-order valence-corrected chi connectivity index (χ1v) is 8.32. The van der Waals surface area contributed by atoms with Crippen LogP contribution in [-0.2, 0) is 11.0 Å². The maximum absolute atomic E-state index is 12.9. The Hall–Kier alpha value is -1.79. The Morgan fingerprint density at radius 3 is 2.54 bits per heavy atom. The number of aromatic nitrogens is 1. The second kappa shape index (κ2) is 5.93. The fraction of sp³-hybridized carbons (Fsp3) is 0.647. The number of nitrogens with zero attached hydrogens (tertiary/aromatic N) is 3. The van der Waals surface area contributed by atoms with Gasteiger partial charge in [-0.25, -0.2) is 4.98 Å². The summed E-state index contributed by atoms with van der Waals surface area (Å²) in [5.41, 5.74) is -1.16. The van der Waals surface area contributed by atoms with Gasteiger partial charge in [-0.15, -0.1) is 0 Å². The van der Waals surface area contributed by atoms with Crippen molar-refractivity contribution in [1.82, 2.24) is 9.88 Å². The number of amides is 1. The zero-order valence-corrected chi connectivity index (χ0v) is 13.9. The van der Waals surface area contributed by atoms with E-state index in [1.165, 1.54) is 6.07 Å². The van der Waals surface area contributed by atoms with Crippen molar-refractivity contribution in [2.45, 2.75) is 45.3 Å². The van der Waals surface area contributed by atoms with E-state index in [4.69, 9.17) is 0 Å². The van der Waals surface area contributed by atoms with Gasteiger partial charge in [0.05, 0.1) is 11.0 Å². The van der Waals surface area contributed by atoms with Crippen LogP contribution in [0, 0.1) is 5.41 Å². The van der Waals surface area contributed by atoms with Gasteiger partial charge in [0, 0.05) is 31.9 Å². The van der Waals surface area contributed by atoms with E-state index in [-0.39, 0.29) is 11.9 Å². The van der Waals surface area contributed by atoms with Gasteiger partial charge in [0.25, 0.3) is 0 Å². The first kappa shape index (κ1) is 17.0. The standard InChI is InChI=1S/C17H22F3N3O/c1-12(2)23-8-3-6-16(15(23)24)7-9-22(11-16)14-5-4-13(10-21-14)17(18,19)20/h4-5,10,12H,3,6-9,11H2,1-2H3/t16-/m0/s1. The van der Waals surface area contributed by atoms with Crippen LogP contribution in [0.25, 0.3) is 0 Å². The van der Waals surface area contributed by atoms with Crippen molar-refractivity contribution in [1.29, 1.82) is 0 Å². The van der Waals surface area contributed by atoms with Gasteiger partial charge < -0.3 is 9.80 Å². The van der Waals surface area contributed by atoms with E-state index in [1.54, 1.807) is 0 Å². The number of carbonyl (C=O) groups is 1. The molecule has 2 fully saturated rings. The van der Waals surface area contributed by atoms with E-state index in [1.807, 2.05) is 23.6 Å². The quantitative estimate of drug-likeness (QED) is 0.828. The number of anilines is 1. The van der Waals surface area contributed by atoms with E-state index in [0.29, 0.717) is 18.9 Å². The number of hydrogen-bond acceptors (Lipinski definition) is 3. The molecule has 0 aromatic carbocycles. The van der Waals surface area contributed by atoms with Crippen LogP contribution in [0.3, 0.4) is 0 Å². The summed E-state index contributed by atoms with van der Waals surface area (Å²) in [4.78, 5) is 20.7. The zero-order valence-electron chi connectivity index (χ0n) is 13.9. The third kappa shape index (κ3) is 2.96. The molecule has 4 nitrogen and oxygen atoms in total. The molecule has 1 aromatic heterocycles. The van der Waals surface area contributed by atoms with Crippen LogP contribution in [0.5, 0.6) is 0 Å². The molecule has 0 N–H and O–H groups in total. The van der Waals surface area contributed by atoms with Crippen molar-refractivity contribution in [3.63, 3.8) is 0 Å². The summed E-state index contributed by atoms with van der Waals surface area (Å²) in [5, 5.41) is 0. The van der Waals surface area contributed by atoms with Gasteiger partial charge in [0.1, 0.15) is 5.82 Å². The Balaban J connectivity index is 1.76. The molecule has 0 aliphatic carbocycles. The first-order chi connectivity index (χ1) is 11.2. The molecule has 0 unspecified atom stereocenters. The Morgan fingerprint density at radius 1 is 1.21 bits per heavy atom. The van der Waals surface area contributed by atoms with Gasteiger partial charge in [-0.3, -0.25) is 4.79 Å². The van der Waals surface area contributed by atoms with Crippen molar-refractivity contribution in [3.8, 4) is 0 Å². The summed E-state index contributed by atoms with van der Waals surface area (Å²) in [5.74, 6) is 0.688. The number of piperidine rings is 1. The highest BCUT2D eigenvalue weighted by Gasteiger charge is 2.49. The predicted molar refractivity (Wildman–Crippen MR) is 84.6 cm³/mol. The monoisotopic (exact) mass is 341 g/mol.